The zero-order valence-corrected chi connectivity index (χ0v) is 12.3. The smallest absolute Gasteiger partial charge is 0.246 e. The molecule has 4 nitrogen and oxygen atoms in total. The van der Waals surface area contributed by atoms with Crippen LogP contribution in [0, 0.1) is 5.82 Å². The van der Waals surface area contributed by atoms with Crippen LogP contribution >= 0.6 is 11.6 Å². The minimum absolute atomic E-state index is 0.0377. The van der Waals surface area contributed by atoms with E-state index >= 15 is 0 Å². The van der Waals surface area contributed by atoms with Gasteiger partial charge in [0, 0.05) is 18.7 Å². The number of nitrogens with zero attached hydrogens (tertiary/aromatic N) is 1. The van der Waals surface area contributed by atoms with Crippen LogP contribution in [0.1, 0.15) is 5.56 Å². The van der Waals surface area contributed by atoms with Gasteiger partial charge in [-0.3, -0.25) is 4.79 Å². The molecule has 0 bridgehead atoms. The SMILES string of the molecule is C=CC(=O)N(Cc1cccc(Cl)c1F)CC1COCCO1. The minimum atomic E-state index is -0.512. The Kier molecular flexibility index (Phi) is 5.73. The van der Waals surface area contributed by atoms with Crippen molar-refractivity contribution in [3.63, 3.8) is 0 Å². The Hall–Kier alpha value is -1.43. The van der Waals surface area contributed by atoms with E-state index in [1.54, 1.807) is 12.1 Å². The van der Waals surface area contributed by atoms with Crippen molar-refractivity contribution in [1.29, 1.82) is 0 Å². The molecule has 21 heavy (non-hydrogen) atoms. The van der Waals surface area contributed by atoms with Crippen LogP contribution in [0.15, 0.2) is 30.9 Å². The topological polar surface area (TPSA) is 38.8 Å². The number of carbonyl (C=O) groups is 1. The monoisotopic (exact) mass is 313 g/mol. The van der Waals surface area contributed by atoms with Crippen LogP contribution in [0.5, 0.6) is 0 Å². The first-order valence-electron chi connectivity index (χ1n) is 6.65. The van der Waals surface area contributed by atoms with E-state index in [9.17, 15) is 9.18 Å². The highest BCUT2D eigenvalue weighted by atomic mass is 35.5. The third kappa shape index (κ3) is 4.27. The molecular formula is C15H17ClFNO3. The normalized spacial score (nSPS) is 18.3. The van der Waals surface area contributed by atoms with Crippen molar-refractivity contribution in [2.24, 2.45) is 0 Å². The van der Waals surface area contributed by atoms with Crippen molar-refractivity contribution in [3.05, 3.63) is 47.3 Å². The molecule has 0 saturated carbocycles. The molecule has 1 atom stereocenters. The maximum absolute atomic E-state index is 14.0. The molecule has 0 aromatic heterocycles. The van der Waals surface area contributed by atoms with E-state index in [1.807, 2.05) is 0 Å². The van der Waals surface area contributed by atoms with Gasteiger partial charge in [0.2, 0.25) is 5.91 Å². The van der Waals surface area contributed by atoms with Crippen LogP contribution in [0.3, 0.4) is 0 Å². The molecule has 1 fully saturated rings. The summed E-state index contributed by atoms with van der Waals surface area (Å²) in [6.45, 7) is 5.36. The number of hydrogen-bond acceptors (Lipinski definition) is 3. The first-order chi connectivity index (χ1) is 10.1. The highest BCUT2D eigenvalue weighted by Gasteiger charge is 2.22. The van der Waals surface area contributed by atoms with Gasteiger partial charge in [0.15, 0.2) is 0 Å². The average molecular weight is 314 g/mol. The number of amides is 1. The van der Waals surface area contributed by atoms with Crippen molar-refractivity contribution >= 4 is 17.5 Å². The van der Waals surface area contributed by atoms with Gasteiger partial charge >= 0.3 is 0 Å². The molecule has 1 aromatic carbocycles. The summed E-state index contributed by atoms with van der Waals surface area (Å²) in [4.78, 5) is 13.4. The van der Waals surface area contributed by atoms with Crippen molar-refractivity contribution < 1.29 is 18.7 Å². The number of rotatable bonds is 5. The summed E-state index contributed by atoms with van der Waals surface area (Å²) < 4.78 is 24.8. The lowest BCUT2D eigenvalue weighted by Crippen LogP contribution is -2.42. The van der Waals surface area contributed by atoms with Gasteiger partial charge in [0.05, 0.1) is 30.9 Å². The predicted molar refractivity (Wildman–Crippen MR) is 77.6 cm³/mol. The van der Waals surface area contributed by atoms with Gasteiger partial charge in [-0.1, -0.05) is 30.3 Å². The van der Waals surface area contributed by atoms with Crippen molar-refractivity contribution in [3.8, 4) is 0 Å². The van der Waals surface area contributed by atoms with Gasteiger partial charge in [-0.05, 0) is 12.1 Å². The van der Waals surface area contributed by atoms with Gasteiger partial charge in [-0.2, -0.15) is 0 Å². The van der Waals surface area contributed by atoms with E-state index in [1.165, 1.54) is 17.0 Å². The summed E-state index contributed by atoms with van der Waals surface area (Å²) in [5.41, 5.74) is 0.356. The summed E-state index contributed by atoms with van der Waals surface area (Å²) in [5, 5.41) is 0.0377. The first kappa shape index (κ1) is 15.9. The number of hydrogen-bond donors (Lipinski definition) is 0. The van der Waals surface area contributed by atoms with E-state index in [2.05, 4.69) is 6.58 Å². The second-order valence-corrected chi connectivity index (χ2v) is 5.11. The molecule has 2 rings (SSSR count). The average Bonchev–Trinajstić information content (AvgIpc) is 2.51. The van der Waals surface area contributed by atoms with Crippen LogP contribution < -0.4 is 0 Å². The highest BCUT2D eigenvalue weighted by Crippen LogP contribution is 2.20. The lowest BCUT2D eigenvalue weighted by molar-refractivity contribution is -0.134. The number of halogens is 2. The third-order valence-corrected chi connectivity index (χ3v) is 3.48. The van der Waals surface area contributed by atoms with Crippen LogP contribution in [-0.2, 0) is 20.8 Å². The van der Waals surface area contributed by atoms with Gasteiger partial charge < -0.3 is 14.4 Å². The largest absolute Gasteiger partial charge is 0.376 e. The number of carbonyl (C=O) groups excluding carboxylic acids is 1. The molecular weight excluding hydrogens is 297 g/mol. The quantitative estimate of drug-likeness (QED) is 0.784. The Bertz CT molecular complexity index is 518. The fourth-order valence-electron chi connectivity index (χ4n) is 2.13. The number of benzene rings is 1. The summed E-state index contributed by atoms with van der Waals surface area (Å²) in [6.07, 6.45) is 0.983. The van der Waals surface area contributed by atoms with E-state index in [4.69, 9.17) is 21.1 Å². The van der Waals surface area contributed by atoms with Crippen molar-refractivity contribution in [2.75, 3.05) is 26.4 Å². The molecule has 6 heteroatoms. The third-order valence-electron chi connectivity index (χ3n) is 3.19. The highest BCUT2D eigenvalue weighted by molar-refractivity contribution is 6.30. The second-order valence-electron chi connectivity index (χ2n) is 4.70. The molecule has 1 aliphatic rings. The van der Waals surface area contributed by atoms with Crippen molar-refractivity contribution in [2.45, 2.75) is 12.6 Å². The van der Waals surface area contributed by atoms with Gasteiger partial charge in [0.1, 0.15) is 5.82 Å². The minimum Gasteiger partial charge on any atom is -0.376 e. The van der Waals surface area contributed by atoms with E-state index < -0.39 is 5.82 Å². The van der Waals surface area contributed by atoms with E-state index in [-0.39, 0.29) is 23.6 Å². The Labute approximate surface area is 128 Å². The molecule has 1 saturated heterocycles. The van der Waals surface area contributed by atoms with Crippen LogP contribution in [0.2, 0.25) is 5.02 Å². The molecule has 0 spiro atoms. The molecule has 1 unspecified atom stereocenters. The standard InChI is InChI=1S/C15H17ClFNO3/c1-2-14(19)18(9-12-10-20-6-7-21-12)8-11-4-3-5-13(16)15(11)17/h2-5,12H,1,6-10H2. The van der Waals surface area contributed by atoms with E-state index in [0.29, 0.717) is 31.9 Å². The van der Waals surface area contributed by atoms with Gasteiger partial charge in [-0.25, -0.2) is 4.39 Å². The zero-order chi connectivity index (χ0) is 15.2. The Balaban J connectivity index is 2.10. The second kappa shape index (κ2) is 7.54. The lowest BCUT2D eigenvalue weighted by Gasteiger charge is -2.29. The number of ether oxygens (including phenoxy) is 2. The molecule has 1 amide bonds. The van der Waals surface area contributed by atoms with Gasteiger partial charge in [-0.15, -0.1) is 0 Å². The Morgan fingerprint density at radius 3 is 3.00 bits per heavy atom. The molecule has 0 N–H and O–H groups in total. The molecule has 1 heterocycles. The van der Waals surface area contributed by atoms with Crippen LogP contribution in [0.4, 0.5) is 4.39 Å². The Morgan fingerprint density at radius 1 is 1.52 bits per heavy atom. The predicted octanol–water partition coefficient (Wildman–Crippen LogP) is 2.41. The fourth-order valence-corrected chi connectivity index (χ4v) is 2.32. The molecule has 114 valence electrons. The summed E-state index contributed by atoms with van der Waals surface area (Å²) in [5.74, 6) is -0.801. The van der Waals surface area contributed by atoms with E-state index in [0.717, 1.165) is 0 Å². The van der Waals surface area contributed by atoms with Crippen LogP contribution in [-0.4, -0.2) is 43.3 Å². The summed E-state index contributed by atoms with van der Waals surface area (Å²) in [7, 11) is 0. The van der Waals surface area contributed by atoms with Gasteiger partial charge in [0.25, 0.3) is 0 Å². The molecule has 1 aromatic rings. The van der Waals surface area contributed by atoms with Crippen molar-refractivity contribution in [1.82, 2.24) is 4.90 Å². The zero-order valence-electron chi connectivity index (χ0n) is 11.6. The van der Waals surface area contributed by atoms with Crippen LogP contribution in [0.25, 0.3) is 0 Å². The summed E-state index contributed by atoms with van der Waals surface area (Å²) >= 11 is 5.76. The summed E-state index contributed by atoms with van der Waals surface area (Å²) in [6, 6.07) is 4.72. The lowest BCUT2D eigenvalue weighted by atomic mass is 10.2. The molecule has 1 aliphatic heterocycles. The Morgan fingerprint density at radius 2 is 2.33 bits per heavy atom. The maximum atomic E-state index is 14.0. The fraction of sp³-hybridized carbons (Fsp3) is 0.400. The maximum Gasteiger partial charge on any atom is 0.246 e. The molecule has 0 aliphatic carbocycles. The first-order valence-corrected chi connectivity index (χ1v) is 7.03. The molecule has 0 radical (unpaired) electrons.